The van der Waals surface area contributed by atoms with Gasteiger partial charge in [-0.1, -0.05) is 0 Å². The van der Waals surface area contributed by atoms with Gasteiger partial charge in [0.1, 0.15) is 0 Å². The van der Waals surface area contributed by atoms with Crippen LogP contribution in [0.25, 0.3) is 11.3 Å². The van der Waals surface area contributed by atoms with Crippen molar-refractivity contribution in [1.29, 1.82) is 0 Å². The minimum atomic E-state index is -0.616. The number of nitrogens with two attached hydrogens (primary N) is 1. The molecule has 0 atom stereocenters. The van der Waals surface area contributed by atoms with Crippen LogP contribution in [0.5, 0.6) is 0 Å². The lowest BCUT2D eigenvalue weighted by Gasteiger charge is -2.00. The molecule has 0 saturated heterocycles. The van der Waals surface area contributed by atoms with Gasteiger partial charge in [-0.25, -0.2) is 0 Å². The van der Waals surface area contributed by atoms with Crippen molar-refractivity contribution in [3.8, 4) is 11.3 Å². The van der Waals surface area contributed by atoms with E-state index in [1.165, 1.54) is 31.2 Å². The fourth-order valence-corrected chi connectivity index (χ4v) is 2.63. The lowest BCUT2D eigenvalue weighted by molar-refractivity contribution is -0.384. The second-order valence-electron chi connectivity index (χ2n) is 5.92. The highest BCUT2D eigenvalue weighted by Crippen LogP contribution is 2.28. The Hall–Kier alpha value is -3.99. The second kappa shape index (κ2) is 7.94. The molecule has 0 unspecified atom stereocenters. The summed E-state index contributed by atoms with van der Waals surface area (Å²) in [4.78, 5) is 34.3. The van der Waals surface area contributed by atoms with Gasteiger partial charge in [0.15, 0.2) is 16.6 Å². The molecule has 0 spiro atoms. The minimum Gasteiger partial charge on any atom is -0.374 e. The van der Waals surface area contributed by atoms with Crippen LogP contribution in [-0.4, -0.2) is 25.6 Å². The first-order valence-corrected chi connectivity index (χ1v) is 8.61. The maximum atomic E-state index is 12.6. The topological polar surface area (TPSA) is 149 Å². The van der Waals surface area contributed by atoms with E-state index in [1.54, 1.807) is 24.3 Å². The highest BCUT2D eigenvalue weighted by molar-refractivity contribution is 7.80. The van der Waals surface area contributed by atoms with Gasteiger partial charge in [-0.05, 0) is 55.5 Å². The summed E-state index contributed by atoms with van der Waals surface area (Å²) in [6.07, 6.45) is 0. The number of carbonyl (C=O) groups is 1. The summed E-state index contributed by atoms with van der Waals surface area (Å²) in [6.45, 7) is 1.45. The average molecular weight is 410 g/mol. The fraction of sp³-hybridized carbons (Fsp3) is 0.0556. The molecular formula is C18H14N6O4S. The van der Waals surface area contributed by atoms with Crippen molar-refractivity contribution < 1.29 is 9.72 Å². The third kappa shape index (κ3) is 4.14. The van der Waals surface area contributed by atoms with Crippen molar-refractivity contribution in [2.75, 3.05) is 0 Å². The van der Waals surface area contributed by atoms with Crippen molar-refractivity contribution in [3.05, 3.63) is 74.6 Å². The SMILES string of the molecule is CC(=O)c1ccc(N=Nc2c(-c3ccc([N+](=O)[O-])cc3)[nH]n(C(N)=S)c2=O)cc1. The lowest BCUT2D eigenvalue weighted by atomic mass is 10.1. The number of nitrogens with zero attached hydrogens (tertiary/aromatic N) is 4. The van der Waals surface area contributed by atoms with Gasteiger partial charge >= 0.3 is 5.56 Å². The van der Waals surface area contributed by atoms with Crippen molar-refractivity contribution in [3.63, 3.8) is 0 Å². The van der Waals surface area contributed by atoms with E-state index in [0.717, 1.165) is 4.68 Å². The van der Waals surface area contributed by atoms with Gasteiger partial charge in [-0.3, -0.25) is 24.8 Å². The Bertz CT molecular complexity index is 1190. The number of aromatic amines is 1. The van der Waals surface area contributed by atoms with E-state index in [2.05, 4.69) is 15.3 Å². The fourth-order valence-electron chi connectivity index (χ4n) is 2.50. The number of hydrogen-bond donors (Lipinski definition) is 2. The zero-order chi connectivity index (χ0) is 21.1. The number of non-ortho nitro benzene ring substituents is 1. The van der Waals surface area contributed by atoms with Gasteiger partial charge in [0.2, 0.25) is 0 Å². The first-order chi connectivity index (χ1) is 13.8. The molecule has 3 N–H and O–H groups in total. The van der Waals surface area contributed by atoms with E-state index < -0.39 is 10.5 Å². The summed E-state index contributed by atoms with van der Waals surface area (Å²) < 4.78 is 0.930. The maximum Gasteiger partial charge on any atom is 0.301 e. The maximum absolute atomic E-state index is 12.6. The molecule has 0 saturated carbocycles. The van der Waals surface area contributed by atoms with Crippen LogP contribution in [0.3, 0.4) is 0 Å². The molecule has 0 amide bonds. The number of ketones is 1. The van der Waals surface area contributed by atoms with Crippen LogP contribution < -0.4 is 11.3 Å². The van der Waals surface area contributed by atoms with Crippen molar-refractivity contribution in [2.24, 2.45) is 16.0 Å². The molecule has 146 valence electrons. The number of thiocarbonyl (C=S) groups is 1. The molecule has 29 heavy (non-hydrogen) atoms. The van der Waals surface area contributed by atoms with Gasteiger partial charge in [-0.15, -0.1) is 5.11 Å². The van der Waals surface area contributed by atoms with Crippen LogP contribution in [-0.2, 0) is 0 Å². The van der Waals surface area contributed by atoms with E-state index in [0.29, 0.717) is 16.8 Å². The molecule has 0 fully saturated rings. The molecule has 10 nitrogen and oxygen atoms in total. The van der Waals surface area contributed by atoms with Crippen LogP contribution in [0.15, 0.2) is 63.6 Å². The highest BCUT2D eigenvalue weighted by Gasteiger charge is 2.18. The number of nitro groups is 1. The van der Waals surface area contributed by atoms with Gasteiger partial charge < -0.3 is 5.73 Å². The Morgan fingerprint density at radius 1 is 1.14 bits per heavy atom. The van der Waals surface area contributed by atoms with Crippen LogP contribution in [0.2, 0.25) is 0 Å². The molecule has 0 aliphatic rings. The Morgan fingerprint density at radius 3 is 2.28 bits per heavy atom. The zero-order valence-corrected chi connectivity index (χ0v) is 15.8. The summed E-state index contributed by atoms with van der Waals surface area (Å²) in [5.74, 6) is -0.0843. The van der Waals surface area contributed by atoms with Gasteiger partial charge in [-0.2, -0.15) is 9.80 Å². The number of H-pyrrole nitrogens is 1. The third-order valence-electron chi connectivity index (χ3n) is 3.99. The molecule has 0 aliphatic heterocycles. The molecule has 2 aromatic carbocycles. The molecule has 3 rings (SSSR count). The van der Waals surface area contributed by atoms with Crippen LogP contribution in [0.1, 0.15) is 17.3 Å². The smallest absolute Gasteiger partial charge is 0.301 e. The highest BCUT2D eigenvalue weighted by atomic mass is 32.1. The van der Waals surface area contributed by atoms with E-state index in [1.807, 2.05) is 0 Å². The molecule has 1 heterocycles. The van der Waals surface area contributed by atoms with Gasteiger partial charge in [0.05, 0.1) is 16.3 Å². The normalized spacial score (nSPS) is 10.9. The number of benzene rings is 2. The van der Waals surface area contributed by atoms with Crippen molar-refractivity contribution in [1.82, 2.24) is 9.78 Å². The van der Waals surface area contributed by atoms with Gasteiger partial charge in [0.25, 0.3) is 5.69 Å². The largest absolute Gasteiger partial charge is 0.374 e. The first-order valence-electron chi connectivity index (χ1n) is 8.20. The summed E-state index contributed by atoms with van der Waals surface area (Å²) in [5, 5.41) is 21.4. The Balaban J connectivity index is 2.05. The molecular weight excluding hydrogens is 396 g/mol. The molecule has 0 aliphatic carbocycles. The first kappa shape index (κ1) is 19.8. The average Bonchev–Trinajstić information content (AvgIpc) is 3.03. The predicted octanol–water partition coefficient (Wildman–Crippen LogP) is 3.46. The van der Waals surface area contributed by atoms with Crippen molar-refractivity contribution >= 4 is 40.2 Å². The minimum absolute atomic E-state index is 0.0673. The number of Topliss-reactive ketones (excluding diaryl/α,β-unsaturated/α-hetero) is 1. The Labute approximate surface area is 168 Å². The lowest BCUT2D eigenvalue weighted by Crippen LogP contribution is -2.29. The Kier molecular flexibility index (Phi) is 5.41. The molecule has 1 aromatic heterocycles. The van der Waals surface area contributed by atoms with E-state index >= 15 is 0 Å². The van der Waals surface area contributed by atoms with Crippen molar-refractivity contribution in [2.45, 2.75) is 6.92 Å². The Morgan fingerprint density at radius 2 is 1.76 bits per heavy atom. The molecule has 11 heteroatoms. The van der Waals surface area contributed by atoms with Gasteiger partial charge in [0, 0.05) is 23.3 Å². The van der Waals surface area contributed by atoms with E-state index in [9.17, 15) is 19.7 Å². The number of nitro benzene ring substituents is 1. The molecule has 0 bridgehead atoms. The number of azo groups is 1. The predicted molar refractivity (Wildman–Crippen MR) is 110 cm³/mol. The second-order valence-corrected chi connectivity index (χ2v) is 6.34. The quantitative estimate of drug-likeness (QED) is 0.216. The summed E-state index contributed by atoms with van der Waals surface area (Å²) in [5.41, 5.74) is 6.44. The third-order valence-corrected chi connectivity index (χ3v) is 4.18. The standard InChI is InChI=1S/C18H14N6O4S/c1-10(25)11-2-6-13(7-3-11)20-21-16-15(22-23(17(16)26)18(19)29)12-4-8-14(9-5-12)24(27)28/h2-9,22H,1H3,(H2,19,29). The van der Waals surface area contributed by atoms with Crippen LogP contribution in [0.4, 0.5) is 17.1 Å². The number of carbonyl (C=O) groups excluding carboxylic acids is 1. The zero-order valence-electron chi connectivity index (χ0n) is 15.0. The van der Waals surface area contributed by atoms with E-state index in [4.69, 9.17) is 18.0 Å². The molecule has 0 radical (unpaired) electrons. The van der Waals surface area contributed by atoms with E-state index in [-0.39, 0.29) is 28.0 Å². The van der Waals surface area contributed by atoms with Crippen LogP contribution >= 0.6 is 12.2 Å². The number of aromatic nitrogens is 2. The summed E-state index contributed by atoms with van der Waals surface area (Å²) >= 11 is 4.86. The summed E-state index contributed by atoms with van der Waals surface area (Å²) in [7, 11) is 0. The number of rotatable bonds is 5. The summed E-state index contributed by atoms with van der Waals surface area (Å²) in [6, 6.07) is 11.9. The monoisotopic (exact) mass is 410 g/mol. The molecule has 3 aromatic rings. The van der Waals surface area contributed by atoms with Crippen LogP contribution in [0, 0.1) is 10.1 Å². The number of nitrogens with one attached hydrogen (secondary N) is 1. The number of hydrogen-bond acceptors (Lipinski definition) is 7.